The smallest absolute Gasteiger partial charge is 0.242 e. The van der Waals surface area contributed by atoms with E-state index in [2.05, 4.69) is 19.2 Å². The highest BCUT2D eigenvalue weighted by atomic mass is 32.2. The zero-order valence-electron chi connectivity index (χ0n) is 15.8. The first-order valence-electron chi connectivity index (χ1n) is 9.68. The van der Waals surface area contributed by atoms with Crippen LogP contribution in [0.4, 0.5) is 5.69 Å². The van der Waals surface area contributed by atoms with Gasteiger partial charge < -0.3 is 10.2 Å². The number of aryl methyl sites for hydroxylation is 2. The molecule has 5 nitrogen and oxygen atoms in total. The summed E-state index contributed by atoms with van der Waals surface area (Å²) in [7, 11) is -3.00. The first-order valence-corrected chi connectivity index (χ1v) is 11.5. The largest absolute Gasteiger partial charge is 0.376 e. The molecule has 1 amide bonds. The van der Waals surface area contributed by atoms with E-state index < -0.39 is 9.84 Å². The molecular formula is C20H30N2O3S. The van der Waals surface area contributed by atoms with Crippen molar-refractivity contribution in [2.45, 2.75) is 64.5 Å². The number of sulfone groups is 1. The number of benzene rings is 1. The monoisotopic (exact) mass is 378 g/mol. The minimum absolute atomic E-state index is 0.0252. The average molecular weight is 379 g/mol. The Morgan fingerprint density at radius 1 is 1.08 bits per heavy atom. The SMILES string of the molecule is Cc1ccc(NCC(=O)N(C2CCCCC2)C2CCS(=O)(=O)C2)cc1C. The first-order chi connectivity index (χ1) is 12.4. The molecule has 3 rings (SSSR count). The molecule has 1 saturated carbocycles. The van der Waals surface area contributed by atoms with Gasteiger partial charge in [-0.15, -0.1) is 0 Å². The second-order valence-corrected chi connectivity index (χ2v) is 10.0. The Hall–Kier alpha value is -1.56. The third-order valence-electron chi connectivity index (χ3n) is 5.81. The van der Waals surface area contributed by atoms with Crippen LogP contribution in [-0.2, 0) is 14.6 Å². The molecular weight excluding hydrogens is 348 g/mol. The highest BCUT2D eigenvalue weighted by Crippen LogP contribution is 2.28. The molecule has 1 aliphatic heterocycles. The summed E-state index contributed by atoms with van der Waals surface area (Å²) in [5.41, 5.74) is 3.35. The number of amides is 1. The van der Waals surface area contributed by atoms with Crippen LogP contribution in [0.3, 0.4) is 0 Å². The molecule has 26 heavy (non-hydrogen) atoms. The van der Waals surface area contributed by atoms with Crippen LogP contribution in [0, 0.1) is 13.8 Å². The molecule has 1 aromatic carbocycles. The quantitative estimate of drug-likeness (QED) is 0.855. The number of hydrogen-bond acceptors (Lipinski definition) is 4. The first kappa shape index (κ1) is 19.2. The molecule has 0 spiro atoms. The van der Waals surface area contributed by atoms with Crippen molar-refractivity contribution in [3.8, 4) is 0 Å². The Kier molecular flexibility index (Phi) is 5.90. The van der Waals surface area contributed by atoms with Gasteiger partial charge in [0.25, 0.3) is 0 Å². The van der Waals surface area contributed by atoms with Crippen molar-refractivity contribution in [1.29, 1.82) is 0 Å². The lowest BCUT2D eigenvalue weighted by Gasteiger charge is -2.38. The lowest BCUT2D eigenvalue weighted by molar-refractivity contribution is -0.134. The van der Waals surface area contributed by atoms with Crippen LogP contribution in [0.2, 0.25) is 0 Å². The Bertz CT molecular complexity index is 754. The Labute approximate surface area is 157 Å². The zero-order chi connectivity index (χ0) is 18.7. The Morgan fingerprint density at radius 2 is 1.81 bits per heavy atom. The predicted molar refractivity (Wildman–Crippen MR) is 105 cm³/mol. The van der Waals surface area contributed by atoms with E-state index in [4.69, 9.17) is 0 Å². The third kappa shape index (κ3) is 4.58. The van der Waals surface area contributed by atoms with Crippen LogP contribution in [0.5, 0.6) is 0 Å². The molecule has 1 aromatic rings. The van der Waals surface area contributed by atoms with Crippen molar-refractivity contribution in [3.63, 3.8) is 0 Å². The van der Waals surface area contributed by atoms with Gasteiger partial charge in [0.2, 0.25) is 5.91 Å². The van der Waals surface area contributed by atoms with Crippen molar-refractivity contribution >= 4 is 21.4 Å². The van der Waals surface area contributed by atoms with Crippen LogP contribution >= 0.6 is 0 Å². The fourth-order valence-corrected chi connectivity index (χ4v) is 5.89. The van der Waals surface area contributed by atoms with Gasteiger partial charge in [-0.1, -0.05) is 25.3 Å². The highest BCUT2D eigenvalue weighted by Gasteiger charge is 2.38. The summed E-state index contributed by atoms with van der Waals surface area (Å²) < 4.78 is 23.9. The molecule has 1 atom stereocenters. The molecule has 2 fully saturated rings. The van der Waals surface area contributed by atoms with Crippen molar-refractivity contribution in [2.75, 3.05) is 23.4 Å². The fourth-order valence-electron chi connectivity index (χ4n) is 4.18. The summed E-state index contributed by atoms with van der Waals surface area (Å²) in [5.74, 6) is 0.356. The maximum Gasteiger partial charge on any atom is 0.242 e. The van der Waals surface area contributed by atoms with Gasteiger partial charge in [0.05, 0.1) is 18.1 Å². The van der Waals surface area contributed by atoms with E-state index >= 15 is 0 Å². The highest BCUT2D eigenvalue weighted by molar-refractivity contribution is 7.91. The van der Waals surface area contributed by atoms with Gasteiger partial charge in [-0.2, -0.15) is 0 Å². The predicted octanol–water partition coefficient (Wildman–Crippen LogP) is 3.06. The summed E-state index contributed by atoms with van der Waals surface area (Å²) >= 11 is 0. The van der Waals surface area contributed by atoms with Crippen LogP contribution in [-0.4, -0.2) is 49.4 Å². The molecule has 1 saturated heterocycles. The molecule has 1 aliphatic carbocycles. The molecule has 1 N–H and O–H groups in total. The van der Waals surface area contributed by atoms with Crippen molar-refractivity contribution in [3.05, 3.63) is 29.3 Å². The number of anilines is 1. The third-order valence-corrected chi connectivity index (χ3v) is 7.56. The molecule has 1 heterocycles. The number of carbonyl (C=O) groups is 1. The van der Waals surface area contributed by atoms with Gasteiger partial charge >= 0.3 is 0 Å². The van der Waals surface area contributed by atoms with Gasteiger partial charge in [-0.25, -0.2) is 8.42 Å². The summed E-state index contributed by atoms with van der Waals surface area (Å²) in [5, 5.41) is 3.24. The second kappa shape index (κ2) is 7.99. The molecule has 144 valence electrons. The zero-order valence-corrected chi connectivity index (χ0v) is 16.6. The number of carbonyl (C=O) groups excluding carboxylic acids is 1. The molecule has 6 heteroatoms. The van der Waals surface area contributed by atoms with Crippen molar-refractivity contribution in [1.82, 2.24) is 4.90 Å². The lowest BCUT2D eigenvalue weighted by Crippen LogP contribution is -2.50. The van der Waals surface area contributed by atoms with Gasteiger partial charge in [-0.05, 0) is 56.4 Å². The lowest BCUT2D eigenvalue weighted by atomic mass is 9.93. The average Bonchev–Trinajstić information content (AvgIpc) is 2.96. The van der Waals surface area contributed by atoms with E-state index in [0.29, 0.717) is 6.42 Å². The van der Waals surface area contributed by atoms with Crippen molar-refractivity contribution in [2.24, 2.45) is 0 Å². The maximum absolute atomic E-state index is 13.0. The summed E-state index contributed by atoms with van der Waals surface area (Å²) in [6.45, 7) is 4.34. The molecule has 0 radical (unpaired) electrons. The fraction of sp³-hybridized carbons (Fsp3) is 0.650. The Balaban J connectivity index is 1.70. The van der Waals surface area contributed by atoms with E-state index in [1.807, 2.05) is 23.1 Å². The molecule has 1 unspecified atom stereocenters. The van der Waals surface area contributed by atoms with Gasteiger partial charge in [-0.3, -0.25) is 4.79 Å². The molecule has 0 aromatic heterocycles. The summed E-state index contributed by atoms with van der Waals surface area (Å²) in [6, 6.07) is 6.12. The van der Waals surface area contributed by atoms with Gasteiger partial charge in [0, 0.05) is 17.8 Å². The van der Waals surface area contributed by atoms with Gasteiger partial charge in [0.1, 0.15) is 0 Å². The Morgan fingerprint density at radius 3 is 2.42 bits per heavy atom. The van der Waals surface area contributed by atoms with Crippen LogP contribution in [0.25, 0.3) is 0 Å². The van der Waals surface area contributed by atoms with Gasteiger partial charge in [0.15, 0.2) is 9.84 Å². The minimum atomic E-state index is -3.00. The van der Waals surface area contributed by atoms with E-state index in [1.54, 1.807) is 0 Å². The van der Waals surface area contributed by atoms with Crippen LogP contribution < -0.4 is 5.32 Å². The molecule has 2 aliphatic rings. The van der Waals surface area contributed by atoms with Crippen molar-refractivity contribution < 1.29 is 13.2 Å². The minimum Gasteiger partial charge on any atom is -0.376 e. The number of rotatable bonds is 5. The number of nitrogens with zero attached hydrogens (tertiary/aromatic N) is 1. The second-order valence-electron chi connectivity index (χ2n) is 7.80. The van der Waals surface area contributed by atoms with E-state index in [-0.39, 0.29) is 36.0 Å². The van der Waals surface area contributed by atoms with Crippen LogP contribution in [0.1, 0.15) is 49.7 Å². The summed E-state index contributed by atoms with van der Waals surface area (Å²) in [4.78, 5) is 14.9. The maximum atomic E-state index is 13.0. The topological polar surface area (TPSA) is 66.5 Å². The van der Waals surface area contributed by atoms with Crippen LogP contribution in [0.15, 0.2) is 18.2 Å². The van der Waals surface area contributed by atoms with E-state index in [0.717, 1.165) is 31.4 Å². The number of hydrogen-bond donors (Lipinski definition) is 1. The number of nitrogens with one attached hydrogen (secondary N) is 1. The molecule has 0 bridgehead atoms. The van der Waals surface area contributed by atoms with E-state index in [9.17, 15) is 13.2 Å². The summed E-state index contributed by atoms with van der Waals surface area (Å²) in [6.07, 6.45) is 6.02. The van der Waals surface area contributed by atoms with E-state index in [1.165, 1.54) is 17.5 Å². The normalized spacial score (nSPS) is 22.9. The standard InChI is InChI=1S/C20H30N2O3S/c1-15-8-9-17(12-16(15)2)21-13-20(23)22(18-6-4-3-5-7-18)19-10-11-26(24,25)14-19/h8-9,12,18-19,21H,3-7,10-11,13-14H2,1-2H3.